The number of allylic oxidation sites excluding steroid dienone is 1. The fraction of sp³-hybridized carbons (Fsp3) is 0.192. The van der Waals surface area contributed by atoms with Gasteiger partial charge in [0.25, 0.3) is 12.4 Å². The van der Waals surface area contributed by atoms with E-state index >= 15 is 0 Å². The Morgan fingerprint density at radius 1 is 1.17 bits per heavy atom. The second-order valence-corrected chi connectivity index (χ2v) is 7.89. The van der Waals surface area contributed by atoms with Gasteiger partial charge in [-0.15, -0.1) is 6.58 Å². The average Bonchev–Trinajstić information content (AvgIpc) is 2.85. The van der Waals surface area contributed by atoms with Crippen LogP contribution in [0.15, 0.2) is 66.1 Å². The first-order chi connectivity index (χ1) is 17.2. The molecular weight excluding hydrogens is 477 g/mol. The van der Waals surface area contributed by atoms with E-state index in [9.17, 15) is 27.6 Å². The summed E-state index contributed by atoms with van der Waals surface area (Å²) in [5.74, 6) is -5.23. The highest BCUT2D eigenvalue weighted by Gasteiger charge is 2.24. The molecule has 3 aromatic rings. The monoisotopic (exact) mass is 500 g/mol. The third kappa shape index (κ3) is 6.21. The van der Waals surface area contributed by atoms with Gasteiger partial charge in [-0.25, -0.2) is 13.2 Å². The molecule has 0 fully saturated rings. The number of aromatic nitrogens is 1. The Bertz CT molecular complexity index is 1300. The SMILES string of the molecule is C=CC(C)Cn1cc(C(=O)NCc2c(F)cc(F)cc2F)c(=O)c(OCc2ccccc2)c1OC=O. The van der Waals surface area contributed by atoms with Gasteiger partial charge in [0, 0.05) is 37.0 Å². The molecule has 0 radical (unpaired) electrons. The first kappa shape index (κ1) is 26.3. The van der Waals surface area contributed by atoms with E-state index in [0.717, 1.165) is 6.20 Å². The lowest BCUT2D eigenvalue weighted by atomic mass is 10.1. The minimum absolute atomic E-state index is 0.0701. The van der Waals surface area contributed by atoms with Crippen molar-refractivity contribution in [2.75, 3.05) is 0 Å². The van der Waals surface area contributed by atoms with Gasteiger partial charge in [-0.3, -0.25) is 14.4 Å². The van der Waals surface area contributed by atoms with E-state index in [0.29, 0.717) is 17.7 Å². The summed E-state index contributed by atoms with van der Waals surface area (Å²) in [7, 11) is 0. The molecule has 1 amide bonds. The molecule has 0 saturated heterocycles. The second kappa shape index (κ2) is 11.9. The van der Waals surface area contributed by atoms with Gasteiger partial charge in [-0.1, -0.05) is 43.3 Å². The molecule has 0 saturated carbocycles. The summed E-state index contributed by atoms with van der Waals surface area (Å²) in [6, 6.07) is 9.80. The predicted octanol–water partition coefficient (Wildman–Crippen LogP) is 4.13. The summed E-state index contributed by atoms with van der Waals surface area (Å²) in [5, 5.41) is 2.26. The maximum atomic E-state index is 14.0. The van der Waals surface area contributed by atoms with Gasteiger partial charge < -0.3 is 19.4 Å². The molecule has 0 aliphatic heterocycles. The van der Waals surface area contributed by atoms with Crippen molar-refractivity contribution in [3.8, 4) is 11.6 Å². The van der Waals surface area contributed by atoms with E-state index in [1.807, 2.05) is 0 Å². The van der Waals surface area contributed by atoms with Crippen molar-refractivity contribution >= 4 is 12.4 Å². The fourth-order valence-electron chi connectivity index (χ4n) is 3.33. The van der Waals surface area contributed by atoms with Crippen molar-refractivity contribution in [3.05, 3.63) is 106 Å². The van der Waals surface area contributed by atoms with Crippen LogP contribution < -0.4 is 20.2 Å². The van der Waals surface area contributed by atoms with Crippen LogP contribution in [0.4, 0.5) is 13.2 Å². The maximum absolute atomic E-state index is 14.0. The van der Waals surface area contributed by atoms with Gasteiger partial charge in [-0.2, -0.15) is 0 Å². The quantitative estimate of drug-likeness (QED) is 0.316. The van der Waals surface area contributed by atoms with Gasteiger partial charge in [0.2, 0.25) is 17.1 Å². The number of hydrogen-bond acceptors (Lipinski definition) is 5. The highest BCUT2D eigenvalue weighted by Crippen LogP contribution is 2.26. The van der Waals surface area contributed by atoms with E-state index in [4.69, 9.17) is 9.47 Å². The van der Waals surface area contributed by atoms with Crippen molar-refractivity contribution in [3.63, 3.8) is 0 Å². The molecule has 7 nitrogen and oxygen atoms in total. The van der Waals surface area contributed by atoms with Gasteiger partial charge in [-0.05, 0) is 11.5 Å². The van der Waals surface area contributed by atoms with Gasteiger partial charge >= 0.3 is 0 Å². The number of halogens is 3. The zero-order valence-corrected chi connectivity index (χ0v) is 19.3. The number of benzene rings is 2. The van der Waals surface area contributed by atoms with Crippen molar-refractivity contribution < 1.29 is 32.2 Å². The minimum atomic E-state index is -1.19. The van der Waals surface area contributed by atoms with Crippen molar-refractivity contribution in [1.29, 1.82) is 0 Å². The van der Waals surface area contributed by atoms with E-state index in [1.54, 1.807) is 43.3 Å². The molecule has 1 aromatic heterocycles. The molecule has 0 aliphatic carbocycles. The molecule has 0 bridgehead atoms. The van der Waals surface area contributed by atoms with Crippen LogP contribution >= 0.6 is 0 Å². The second-order valence-electron chi connectivity index (χ2n) is 7.89. The van der Waals surface area contributed by atoms with Crippen molar-refractivity contribution in [2.45, 2.75) is 26.6 Å². The molecule has 2 aromatic carbocycles. The number of amides is 1. The van der Waals surface area contributed by atoms with Crippen LogP contribution in [0.3, 0.4) is 0 Å². The number of hydrogen-bond donors (Lipinski definition) is 1. The molecule has 1 heterocycles. The molecule has 3 rings (SSSR count). The van der Waals surface area contributed by atoms with Crippen LogP contribution in [0.5, 0.6) is 11.6 Å². The summed E-state index contributed by atoms with van der Waals surface area (Å²) in [6.45, 7) is 5.07. The lowest BCUT2D eigenvalue weighted by Gasteiger charge is -2.19. The Balaban J connectivity index is 2.00. The highest BCUT2D eigenvalue weighted by atomic mass is 19.1. The van der Waals surface area contributed by atoms with Gasteiger partial charge in [0.1, 0.15) is 29.6 Å². The average molecular weight is 500 g/mol. The molecule has 0 aliphatic rings. The zero-order chi connectivity index (χ0) is 26.2. The first-order valence-corrected chi connectivity index (χ1v) is 10.8. The fourth-order valence-corrected chi connectivity index (χ4v) is 3.33. The minimum Gasteiger partial charge on any atom is -0.480 e. The van der Waals surface area contributed by atoms with Crippen LogP contribution in [-0.2, 0) is 24.5 Å². The third-order valence-electron chi connectivity index (χ3n) is 5.24. The Hall–Kier alpha value is -4.34. The molecule has 1 atom stereocenters. The summed E-state index contributed by atoms with van der Waals surface area (Å²) in [4.78, 5) is 37.3. The summed E-state index contributed by atoms with van der Waals surface area (Å²) >= 11 is 0. The van der Waals surface area contributed by atoms with Gasteiger partial charge in [0.05, 0.1) is 0 Å². The smallest absolute Gasteiger partial charge is 0.299 e. The van der Waals surface area contributed by atoms with Crippen molar-refractivity contribution in [1.82, 2.24) is 9.88 Å². The predicted molar refractivity (Wildman–Crippen MR) is 125 cm³/mol. The number of carbonyl (C=O) groups is 2. The number of carbonyl (C=O) groups excluding carboxylic acids is 2. The number of nitrogens with one attached hydrogen (secondary N) is 1. The van der Waals surface area contributed by atoms with E-state index in [1.165, 1.54) is 4.57 Å². The highest BCUT2D eigenvalue weighted by molar-refractivity contribution is 5.94. The van der Waals surface area contributed by atoms with Gasteiger partial charge in [0.15, 0.2) is 0 Å². The molecule has 1 unspecified atom stereocenters. The van der Waals surface area contributed by atoms with Crippen LogP contribution in [-0.4, -0.2) is 16.9 Å². The summed E-state index contributed by atoms with van der Waals surface area (Å²) in [6.07, 6.45) is 2.77. The Morgan fingerprint density at radius 3 is 2.44 bits per heavy atom. The van der Waals surface area contributed by atoms with Crippen molar-refractivity contribution in [2.24, 2.45) is 5.92 Å². The maximum Gasteiger partial charge on any atom is 0.299 e. The number of nitrogens with zero attached hydrogens (tertiary/aromatic N) is 1. The largest absolute Gasteiger partial charge is 0.480 e. The molecule has 36 heavy (non-hydrogen) atoms. The number of rotatable bonds is 11. The van der Waals surface area contributed by atoms with E-state index < -0.39 is 52.2 Å². The summed E-state index contributed by atoms with van der Waals surface area (Å²) in [5.41, 5.74) is -1.19. The Labute approximate surface area is 204 Å². The molecule has 10 heteroatoms. The van der Waals surface area contributed by atoms with Crippen LogP contribution in [0.25, 0.3) is 0 Å². The Kier molecular flexibility index (Phi) is 8.66. The lowest BCUT2D eigenvalue weighted by molar-refractivity contribution is -0.121. The molecule has 188 valence electrons. The normalized spacial score (nSPS) is 11.4. The standard InChI is InChI=1S/C26H23F3N2O5/c1-3-16(2)12-31-13-20(25(34)30-11-19-21(28)9-18(27)10-22(19)29)23(33)24(26(31)36-15-32)35-14-17-7-5-4-6-8-17/h3-10,13,15-16H,1,11-12,14H2,2H3,(H,30,34). The summed E-state index contributed by atoms with van der Waals surface area (Å²) < 4.78 is 53.2. The number of ether oxygens (including phenoxy) is 2. The third-order valence-corrected chi connectivity index (χ3v) is 5.24. The molecule has 0 spiro atoms. The lowest BCUT2D eigenvalue weighted by Crippen LogP contribution is -2.31. The zero-order valence-electron chi connectivity index (χ0n) is 19.3. The first-order valence-electron chi connectivity index (χ1n) is 10.8. The van der Waals surface area contributed by atoms with Crippen LogP contribution in [0.1, 0.15) is 28.4 Å². The Morgan fingerprint density at radius 2 is 1.83 bits per heavy atom. The van der Waals surface area contributed by atoms with Crippen LogP contribution in [0.2, 0.25) is 0 Å². The van der Waals surface area contributed by atoms with E-state index in [2.05, 4.69) is 11.9 Å². The topological polar surface area (TPSA) is 86.6 Å². The molecular formula is C26H23F3N2O5. The van der Waals surface area contributed by atoms with Crippen LogP contribution in [0, 0.1) is 23.4 Å². The number of pyridine rings is 1. The van der Waals surface area contributed by atoms with E-state index in [-0.39, 0.29) is 31.4 Å². The molecule has 1 N–H and O–H groups in total.